The lowest BCUT2D eigenvalue weighted by Gasteiger charge is -2.24. The molecule has 1 aromatic heterocycles. The molecule has 2 aliphatic heterocycles. The summed E-state index contributed by atoms with van der Waals surface area (Å²) in [6.07, 6.45) is 4.38. The van der Waals surface area contributed by atoms with Gasteiger partial charge in [-0.25, -0.2) is 9.48 Å². The zero-order valence-corrected chi connectivity index (χ0v) is 21.9. The van der Waals surface area contributed by atoms with Gasteiger partial charge in [-0.05, 0) is 60.7 Å². The van der Waals surface area contributed by atoms with Crippen LogP contribution in [-0.4, -0.2) is 47.2 Å². The van der Waals surface area contributed by atoms with E-state index < -0.39 is 17.8 Å². The van der Waals surface area contributed by atoms with Crippen LogP contribution in [0.1, 0.15) is 22.6 Å². The van der Waals surface area contributed by atoms with Crippen molar-refractivity contribution in [2.45, 2.75) is 25.1 Å². The van der Waals surface area contributed by atoms with Gasteiger partial charge in [-0.15, -0.1) is 0 Å². The second kappa shape index (κ2) is 10.5. The van der Waals surface area contributed by atoms with Crippen molar-refractivity contribution in [2.24, 2.45) is 22.7 Å². The number of halogens is 3. The molecule has 3 aromatic rings. The molecule has 1 aliphatic carbocycles. The summed E-state index contributed by atoms with van der Waals surface area (Å²) in [5, 5.41) is 12.8. The Balaban J connectivity index is 1.14. The molecule has 0 radical (unpaired) electrons. The van der Waals surface area contributed by atoms with E-state index >= 15 is 0 Å². The third-order valence-corrected chi connectivity index (χ3v) is 7.73. The molecule has 3 heterocycles. The minimum Gasteiger partial charge on any atom is -0.381 e. The zero-order chi connectivity index (χ0) is 28.7. The number of carbonyl (C=O) groups excluding carboxylic acids is 2. The van der Waals surface area contributed by atoms with Crippen molar-refractivity contribution in [1.82, 2.24) is 15.1 Å². The standard InChI is InChI=1S/C29H27F3N6O3/c1-16-5-6-20(36-28(40)35-19-4-2-3-18(9-19)29(30,31)32)10-25(16)38-13-17(11-34-38)21-12-33-8-7-24(21)37-27(39)26-22-14-41-15-23(22)26/h2-13,21-24,26H,14-15H2,1H3,(H,37,39)(H2,35,36,40). The second-order valence-corrected chi connectivity index (χ2v) is 10.5. The fourth-order valence-corrected chi connectivity index (χ4v) is 5.46. The molecule has 6 rings (SSSR count). The third-order valence-electron chi connectivity index (χ3n) is 7.73. The molecular formula is C29H27F3N6O3. The molecule has 1 saturated carbocycles. The summed E-state index contributed by atoms with van der Waals surface area (Å²) in [6.45, 7) is 3.18. The Morgan fingerprint density at radius 1 is 1.05 bits per heavy atom. The van der Waals surface area contributed by atoms with Crippen molar-refractivity contribution < 1.29 is 27.5 Å². The normalized spacial score (nSPS) is 24.5. The molecule has 9 nitrogen and oxygen atoms in total. The van der Waals surface area contributed by atoms with Crippen molar-refractivity contribution in [3.05, 3.63) is 83.8 Å². The number of hydrogen-bond donors (Lipinski definition) is 3. The summed E-state index contributed by atoms with van der Waals surface area (Å²) in [5.41, 5.74) is 2.02. The topological polar surface area (TPSA) is 110 Å². The van der Waals surface area contributed by atoms with Gasteiger partial charge in [0.1, 0.15) is 0 Å². The van der Waals surface area contributed by atoms with E-state index in [-0.39, 0.29) is 29.5 Å². The van der Waals surface area contributed by atoms with Crippen LogP contribution in [-0.2, 0) is 15.7 Å². The SMILES string of the molecule is Cc1ccc(NC(=O)Nc2cccc(C(F)(F)F)c2)cc1-n1cc(C2C=NC=CC2NC(=O)C2C3COCC32)cn1. The van der Waals surface area contributed by atoms with Crippen LogP contribution in [0.4, 0.5) is 29.3 Å². The maximum Gasteiger partial charge on any atom is 0.416 e. The number of benzene rings is 2. The number of anilines is 2. The van der Waals surface area contributed by atoms with Crippen LogP contribution in [0, 0.1) is 24.7 Å². The number of amides is 3. The minimum atomic E-state index is -4.51. The van der Waals surface area contributed by atoms with Crippen LogP contribution in [0.25, 0.3) is 5.69 Å². The highest BCUT2D eigenvalue weighted by molar-refractivity contribution is 6.00. The Morgan fingerprint density at radius 2 is 1.80 bits per heavy atom. The number of carbonyl (C=O) groups is 2. The summed E-state index contributed by atoms with van der Waals surface area (Å²) in [7, 11) is 0. The maximum atomic E-state index is 13.0. The predicted molar refractivity (Wildman–Crippen MR) is 146 cm³/mol. The zero-order valence-electron chi connectivity index (χ0n) is 21.9. The molecule has 41 heavy (non-hydrogen) atoms. The fraction of sp³-hybridized carbons (Fsp3) is 0.310. The molecule has 3 aliphatic rings. The monoisotopic (exact) mass is 564 g/mol. The van der Waals surface area contributed by atoms with Crippen LogP contribution >= 0.6 is 0 Å². The van der Waals surface area contributed by atoms with Gasteiger partial charge in [0.05, 0.1) is 36.7 Å². The fourth-order valence-electron chi connectivity index (χ4n) is 5.46. The summed E-state index contributed by atoms with van der Waals surface area (Å²) >= 11 is 0. The molecule has 0 bridgehead atoms. The van der Waals surface area contributed by atoms with Crippen molar-refractivity contribution in [3.8, 4) is 5.69 Å². The molecule has 2 aromatic carbocycles. The van der Waals surface area contributed by atoms with Gasteiger partial charge < -0.3 is 20.7 Å². The minimum absolute atomic E-state index is 0.00283. The highest BCUT2D eigenvalue weighted by atomic mass is 19.4. The number of ether oxygens (including phenoxy) is 1. The van der Waals surface area contributed by atoms with Gasteiger partial charge in [0.2, 0.25) is 5.91 Å². The van der Waals surface area contributed by atoms with Crippen LogP contribution in [0.2, 0.25) is 0 Å². The van der Waals surface area contributed by atoms with Gasteiger partial charge in [-0.2, -0.15) is 18.3 Å². The van der Waals surface area contributed by atoms with Crippen molar-refractivity contribution in [2.75, 3.05) is 23.8 Å². The van der Waals surface area contributed by atoms with E-state index in [2.05, 4.69) is 26.0 Å². The maximum absolute atomic E-state index is 13.0. The average molecular weight is 565 g/mol. The quantitative estimate of drug-likeness (QED) is 0.396. The molecule has 4 atom stereocenters. The summed E-state index contributed by atoms with van der Waals surface area (Å²) < 4.78 is 46.1. The number of aromatic nitrogens is 2. The second-order valence-electron chi connectivity index (χ2n) is 10.5. The number of aliphatic imine (C=N–C) groups is 1. The van der Waals surface area contributed by atoms with Gasteiger partial charge in [-0.1, -0.05) is 12.1 Å². The molecule has 4 unspecified atom stereocenters. The lowest BCUT2D eigenvalue weighted by molar-refractivity contribution is -0.137. The van der Waals surface area contributed by atoms with Gasteiger partial charge in [-0.3, -0.25) is 9.79 Å². The Bertz CT molecular complexity index is 1540. The molecule has 12 heteroatoms. The van der Waals surface area contributed by atoms with Gasteiger partial charge >= 0.3 is 12.2 Å². The van der Waals surface area contributed by atoms with Crippen molar-refractivity contribution in [1.29, 1.82) is 0 Å². The first-order valence-corrected chi connectivity index (χ1v) is 13.2. The van der Waals surface area contributed by atoms with E-state index in [4.69, 9.17) is 4.74 Å². The van der Waals surface area contributed by atoms with Crippen molar-refractivity contribution >= 4 is 29.5 Å². The van der Waals surface area contributed by atoms with Crippen LogP contribution in [0.3, 0.4) is 0 Å². The molecule has 1 saturated heterocycles. The molecular weight excluding hydrogens is 537 g/mol. The first kappa shape index (κ1) is 26.8. The number of rotatable bonds is 6. The predicted octanol–water partition coefficient (Wildman–Crippen LogP) is 4.90. The van der Waals surface area contributed by atoms with E-state index in [1.54, 1.807) is 41.5 Å². The number of fused-ring (bicyclic) bond motifs is 1. The summed E-state index contributed by atoms with van der Waals surface area (Å²) in [6, 6.07) is 8.68. The number of nitrogens with one attached hydrogen (secondary N) is 3. The molecule has 0 spiro atoms. The molecule has 3 N–H and O–H groups in total. The smallest absolute Gasteiger partial charge is 0.381 e. The first-order valence-electron chi connectivity index (χ1n) is 13.2. The Morgan fingerprint density at radius 3 is 2.56 bits per heavy atom. The Hall–Kier alpha value is -4.45. The van der Waals surface area contributed by atoms with Gasteiger partial charge in [0.15, 0.2) is 0 Å². The molecule has 2 fully saturated rings. The third kappa shape index (κ3) is 5.60. The van der Waals surface area contributed by atoms with Crippen LogP contribution < -0.4 is 16.0 Å². The first-order chi connectivity index (χ1) is 19.7. The highest BCUT2D eigenvalue weighted by Crippen LogP contribution is 2.50. The Labute approximate surface area is 233 Å². The van der Waals surface area contributed by atoms with Crippen LogP contribution in [0.15, 0.2) is 72.1 Å². The number of hydrogen-bond acceptors (Lipinski definition) is 5. The number of aryl methyl sites for hydroxylation is 1. The van der Waals surface area contributed by atoms with E-state index in [0.717, 1.165) is 23.3 Å². The van der Waals surface area contributed by atoms with Gasteiger partial charge in [0.25, 0.3) is 0 Å². The van der Waals surface area contributed by atoms with E-state index in [9.17, 15) is 22.8 Å². The van der Waals surface area contributed by atoms with E-state index in [0.29, 0.717) is 36.4 Å². The van der Waals surface area contributed by atoms with Crippen LogP contribution in [0.5, 0.6) is 0 Å². The summed E-state index contributed by atoms with van der Waals surface area (Å²) in [4.78, 5) is 29.7. The Kier molecular flexibility index (Phi) is 6.86. The lowest BCUT2D eigenvalue weighted by Crippen LogP contribution is -2.41. The lowest BCUT2D eigenvalue weighted by atomic mass is 9.93. The highest BCUT2D eigenvalue weighted by Gasteiger charge is 2.58. The van der Waals surface area contributed by atoms with Crippen molar-refractivity contribution in [3.63, 3.8) is 0 Å². The number of urea groups is 1. The van der Waals surface area contributed by atoms with E-state index in [1.165, 1.54) is 12.1 Å². The average Bonchev–Trinajstić information content (AvgIpc) is 3.25. The number of alkyl halides is 3. The number of nitrogens with zero attached hydrogens (tertiary/aromatic N) is 3. The summed E-state index contributed by atoms with van der Waals surface area (Å²) in [5.74, 6) is 0.445. The van der Waals surface area contributed by atoms with E-state index in [1.807, 2.05) is 19.2 Å². The largest absolute Gasteiger partial charge is 0.416 e. The van der Waals surface area contributed by atoms with Gasteiger partial charge in [0, 0.05) is 47.4 Å². The molecule has 212 valence electrons. The molecule has 3 amide bonds.